The zero-order chi connectivity index (χ0) is 12.7. The molecule has 0 bridgehead atoms. The number of aromatic nitrogens is 2. The van der Waals surface area contributed by atoms with Gasteiger partial charge in [0.1, 0.15) is 0 Å². The first-order valence-corrected chi connectivity index (χ1v) is 6.75. The highest BCUT2D eigenvalue weighted by atomic mass is 35.5. The van der Waals surface area contributed by atoms with Crippen molar-refractivity contribution in [2.24, 2.45) is 0 Å². The first-order chi connectivity index (χ1) is 8.70. The topological polar surface area (TPSA) is 40.7 Å². The van der Waals surface area contributed by atoms with Gasteiger partial charge in [0.2, 0.25) is 0 Å². The fraction of sp³-hybridized carbons (Fsp3) is 0.214. The standard InChI is InChI=1S/C14H15N3S.ClH/c1-8-12(10-6-4-5-7-11(10)16-8)13-9(2)18-14(15-3)17-13;/h4-7,16H,1-3H3,(H,15,17);1H. The highest BCUT2D eigenvalue weighted by Gasteiger charge is 2.16. The molecular weight excluding hydrogens is 278 g/mol. The quantitative estimate of drug-likeness (QED) is 0.736. The third-order valence-electron chi connectivity index (χ3n) is 3.14. The van der Waals surface area contributed by atoms with Gasteiger partial charge in [0.25, 0.3) is 0 Å². The predicted octanol–water partition coefficient (Wildman–Crippen LogP) is 4.37. The molecule has 0 atom stereocenters. The average molecular weight is 294 g/mol. The maximum atomic E-state index is 4.67. The van der Waals surface area contributed by atoms with E-state index in [0.29, 0.717) is 0 Å². The van der Waals surface area contributed by atoms with E-state index >= 15 is 0 Å². The van der Waals surface area contributed by atoms with E-state index in [0.717, 1.165) is 10.8 Å². The molecule has 2 N–H and O–H groups in total. The van der Waals surface area contributed by atoms with Crippen LogP contribution in [0, 0.1) is 13.8 Å². The summed E-state index contributed by atoms with van der Waals surface area (Å²) in [6.07, 6.45) is 0. The van der Waals surface area contributed by atoms with Crippen LogP contribution in [0.15, 0.2) is 24.3 Å². The summed E-state index contributed by atoms with van der Waals surface area (Å²) in [7, 11) is 1.91. The molecule has 3 nitrogen and oxygen atoms in total. The van der Waals surface area contributed by atoms with Gasteiger partial charge in [0.15, 0.2) is 5.13 Å². The van der Waals surface area contributed by atoms with Gasteiger partial charge in [-0.05, 0) is 19.9 Å². The molecule has 2 aromatic heterocycles. The van der Waals surface area contributed by atoms with Crippen molar-refractivity contribution in [3.05, 3.63) is 34.8 Å². The molecule has 0 saturated carbocycles. The monoisotopic (exact) mass is 293 g/mol. The number of nitrogens with zero attached hydrogens (tertiary/aromatic N) is 1. The van der Waals surface area contributed by atoms with Crippen molar-refractivity contribution < 1.29 is 0 Å². The smallest absolute Gasteiger partial charge is 0.183 e. The van der Waals surface area contributed by atoms with Gasteiger partial charge in [-0.3, -0.25) is 0 Å². The number of anilines is 1. The van der Waals surface area contributed by atoms with Crippen LogP contribution in [-0.2, 0) is 0 Å². The average Bonchev–Trinajstić information content (AvgIpc) is 2.88. The Morgan fingerprint density at radius 1 is 1.21 bits per heavy atom. The van der Waals surface area contributed by atoms with Crippen LogP contribution in [0.3, 0.4) is 0 Å². The highest BCUT2D eigenvalue weighted by molar-refractivity contribution is 7.16. The summed E-state index contributed by atoms with van der Waals surface area (Å²) in [5, 5.41) is 5.32. The van der Waals surface area contributed by atoms with E-state index in [2.05, 4.69) is 53.4 Å². The minimum absolute atomic E-state index is 0. The minimum Gasteiger partial charge on any atom is -0.365 e. The number of rotatable bonds is 2. The number of fused-ring (bicyclic) bond motifs is 1. The number of aryl methyl sites for hydroxylation is 2. The second-order valence-corrected chi connectivity index (χ2v) is 5.55. The molecule has 3 aromatic rings. The number of para-hydroxylation sites is 1. The summed E-state index contributed by atoms with van der Waals surface area (Å²) in [6.45, 7) is 4.22. The van der Waals surface area contributed by atoms with Crippen molar-refractivity contribution in [3.8, 4) is 11.3 Å². The summed E-state index contributed by atoms with van der Waals surface area (Å²) >= 11 is 1.69. The number of aromatic amines is 1. The van der Waals surface area contributed by atoms with Gasteiger partial charge in [-0.25, -0.2) is 4.98 Å². The molecule has 0 aliphatic heterocycles. The third-order valence-corrected chi connectivity index (χ3v) is 4.13. The van der Waals surface area contributed by atoms with Crippen molar-refractivity contribution in [1.82, 2.24) is 9.97 Å². The van der Waals surface area contributed by atoms with Gasteiger partial charge >= 0.3 is 0 Å². The van der Waals surface area contributed by atoms with Crippen molar-refractivity contribution in [2.45, 2.75) is 13.8 Å². The lowest BCUT2D eigenvalue weighted by Crippen LogP contribution is -1.87. The molecule has 2 heterocycles. The van der Waals surface area contributed by atoms with Crippen LogP contribution in [-0.4, -0.2) is 17.0 Å². The molecule has 19 heavy (non-hydrogen) atoms. The Labute approximate surface area is 122 Å². The first-order valence-electron chi connectivity index (χ1n) is 5.93. The largest absolute Gasteiger partial charge is 0.365 e. The van der Waals surface area contributed by atoms with Gasteiger partial charge in [-0.15, -0.1) is 23.7 Å². The molecule has 0 aliphatic carbocycles. The predicted molar refractivity (Wildman–Crippen MR) is 85.7 cm³/mol. The van der Waals surface area contributed by atoms with E-state index in [1.54, 1.807) is 11.3 Å². The second kappa shape index (κ2) is 5.23. The summed E-state index contributed by atoms with van der Waals surface area (Å²) < 4.78 is 0. The SMILES string of the molecule is CNc1nc(-c2c(C)[nH]c3ccccc23)c(C)s1.Cl. The van der Waals surface area contributed by atoms with Crippen LogP contribution in [0.2, 0.25) is 0 Å². The zero-order valence-corrected chi connectivity index (χ0v) is 12.7. The molecule has 0 saturated heterocycles. The van der Waals surface area contributed by atoms with Gasteiger partial charge in [-0.1, -0.05) is 18.2 Å². The summed E-state index contributed by atoms with van der Waals surface area (Å²) in [5.41, 5.74) is 4.65. The van der Waals surface area contributed by atoms with E-state index in [9.17, 15) is 0 Å². The fourth-order valence-corrected chi connectivity index (χ4v) is 3.09. The molecule has 0 unspecified atom stereocenters. The van der Waals surface area contributed by atoms with Gasteiger partial charge < -0.3 is 10.3 Å². The minimum atomic E-state index is 0. The second-order valence-electron chi connectivity index (χ2n) is 4.34. The van der Waals surface area contributed by atoms with Crippen LogP contribution in [0.5, 0.6) is 0 Å². The molecule has 0 aliphatic rings. The Morgan fingerprint density at radius 2 is 1.95 bits per heavy atom. The first kappa shape index (κ1) is 13.9. The van der Waals surface area contributed by atoms with Crippen molar-refractivity contribution in [3.63, 3.8) is 0 Å². The maximum absolute atomic E-state index is 4.67. The fourth-order valence-electron chi connectivity index (χ4n) is 2.32. The molecule has 0 spiro atoms. The molecule has 1 aromatic carbocycles. The van der Waals surface area contributed by atoms with Crippen molar-refractivity contribution in [1.29, 1.82) is 0 Å². The normalized spacial score (nSPS) is 10.5. The zero-order valence-electron chi connectivity index (χ0n) is 11.1. The molecule has 0 fully saturated rings. The number of benzene rings is 1. The summed E-state index contributed by atoms with van der Waals surface area (Å²) in [6, 6.07) is 8.37. The van der Waals surface area contributed by atoms with Crippen LogP contribution in [0.4, 0.5) is 5.13 Å². The Bertz CT molecular complexity index is 715. The van der Waals surface area contributed by atoms with E-state index in [-0.39, 0.29) is 12.4 Å². The van der Waals surface area contributed by atoms with Crippen molar-refractivity contribution in [2.75, 3.05) is 12.4 Å². The van der Waals surface area contributed by atoms with Crippen LogP contribution in [0.1, 0.15) is 10.6 Å². The molecule has 3 rings (SSSR count). The number of thiazole rings is 1. The van der Waals surface area contributed by atoms with Gasteiger partial charge in [-0.2, -0.15) is 0 Å². The molecule has 5 heteroatoms. The summed E-state index contributed by atoms with van der Waals surface area (Å²) in [5.74, 6) is 0. The van der Waals surface area contributed by atoms with E-state index in [1.807, 2.05) is 7.05 Å². The number of nitrogens with one attached hydrogen (secondary N) is 2. The van der Waals surface area contributed by atoms with Gasteiger partial charge in [0, 0.05) is 34.1 Å². The van der Waals surface area contributed by atoms with E-state index in [4.69, 9.17) is 0 Å². The number of H-pyrrole nitrogens is 1. The van der Waals surface area contributed by atoms with Crippen LogP contribution < -0.4 is 5.32 Å². The Morgan fingerprint density at radius 3 is 2.63 bits per heavy atom. The van der Waals surface area contributed by atoms with E-state index < -0.39 is 0 Å². The number of hydrogen-bond acceptors (Lipinski definition) is 3. The van der Waals surface area contributed by atoms with Crippen LogP contribution in [0.25, 0.3) is 22.2 Å². The third kappa shape index (κ3) is 2.22. The molecule has 0 amide bonds. The van der Waals surface area contributed by atoms with Gasteiger partial charge in [0.05, 0.1) is 5.69 Å². The Hall–Kier alpha value is -1.52. The molecule has 100 valence electrons. The number of hydrogen-bond donors (Lipinski definition) is 2. The Kier molecular flexibility index (Phi) is 3.83. The van der Waals surface area contributed by atoms with Crippen molar-refractivity contribution >= 4 is 39.8 Å². The number of halogens is 1. The van der Waals surface area contributed by atoms with Crippen LogP contribution >= 0.6 is 23.7 Å². The lowest BCUT2D eigenvalue weighted by molar-refractivity contribution is 1.27. The lowest BCUT2D eigenvalue weighted by Gasteiger charge is -1.98. The highest BCUT2D eigenvalue weighted by Crippen LogP contribution is 2.36. The summed E-state index contributed by atoms with van der Waals surface area (Å²) in [4.78, 5) is 9.34. The maximum Gasteiger partial charge on any atom is 0.183 e. The Balaban J connectivity index is 0.00000133. The molecular formula is C14H16ClN3S. The lowest BCUT2D eigenvalue weighted by atomic mass is 10.1. The molecule has 0 radical (unpaired) electrons. The van der Waals surface area contributed by atoms with E-state index in [1.165, 1.54) is 27.0 Å².